The van der Waals surface area contributed by atoms with Crippen molar-refractivity contribution < 1.29 is 14.4 Å². The van der Waals surface area contributed by atoms with Gasteiger partial charge in [-0.15, -0.1) is 0 Å². The molecule has 0 N–H and O–H groups in total. The molecule has 0 aromatic rings. The van der Waals surface area contributed by atoms with Crippen LogP contribution in [0.1, 0.15) is 65.7 Å². The van der Waals surface area contributed by atoms with E-state index in [1.165, 1.54) is 5.57 Å². The number of ketones is 3. The molecule has 4 aliphatic rings. The van der Waals surface area contributed by atoms with Crippen molar-refractivity contribution >= 4 is 17.3 Å². The molecule has 0 unspecified atom stereocenters. The van der Waals surface area contributed by atoms with Gasteiger partial charge < -0.3 is 0 Å². The summed E-state index contributed by atoms with van der Waals surface area (Å²) < 4.78 is 0. The lowest BCUT2D eigenvalue weighted by Crippen LogP contribution is -2.55. The van der Waals surface area contributed by atoms with Gasteiger partial charge in [-0.1, -0.05) is 19.4 Å². The standard InChI is InChI=1S/C21H28O3/c1-12(22)16-6-7-17-15-5-4-13-10-14(23)8-9-20(13,2)19(15)18(24)11-21(16,17)3/h10,15-17,19H,4-9,11H2,1-3H3/t15-,16+,17+,19+,20-,21-/m1/s1. The molecule has 3 heteroatoms. The van der Waals surface area contributed by atoms with Gasteiger partial charge in [0.2, 0.25) is 0 Å². The number of carbonyl (C=O) groups is 3. The van der Waals surface area contributed by atoms with Crippen molar-refractivity contribution in [2.24, 2.45) is 34.5 Å². The molecular formula is C21H28O3. The first-order valence-corrected chi connectivity index (χ1v) is 9.54. The Morgan fingerprint density at radius 3 is 2.58 bits per heavy atom. The van der Waals surface area contributed by atoms with Crippen LogP contribution in [-0.4, -0.2) is 17.3 Å². The van der Waals surface area contributed by atoms with Crippen LogP contribution in [0.4, 0.5) is 0 Å². The molecule has 0 radical (unpaired) electrons. The molecule has 0 heterocycles. The maximum atomic E-state index is 13.3. The third-order valence-electron chi connectivity index (χ3n) is 8.14. The number of hydrogen-bond acceptors (Lipinski definition) is 3. The zero-order chi connectivity index (χ0) is 17.3. The highest BCUT2D eigenvalue weighted by atomic mass is 16.1. The number of fused-ring (bicyclic) bond motifs is 5. The van der Waals surface area contributed by atoms with Crippen LogP contribution in [0.3, 0.4) is 0 Å². The Balaban J connectivity index is 1.74. The highest BCUT2D eigenvalue weighted by molar-refractivity contribution is 5.93. The fraction of sp³-hybridized carbons (Fsp3) is 0.762. The average molecular weight is 328 g/mol. The van der Waals surface area contributed by atoms with Gasteiger partial charge in [0.15, 0.2) is 5.78 Å². The van der Waals surface area contributed by atoms with Gasteiger partial charge in [0.25, 0.3) is 0 Å². The van der Waals surface area contributed by atoms with E-state index in [4.69, 9.17) is 0 Å². The molecule has 0 saturated heterocycles. The van der Waals surface area contributed by atoms with Gasteiger partial charge >= 0.3 is 0 Å². The van der Waals surface area contributed by atoms with Gasteiger partial charge in [0, 0.05) is 24.7 Å². The molecule has 3 fully saturated rings. The molecule has 3 nitrogen and oxygen atoms in total. The average Bonchev–Trinajstić information content (AvgIpc) is 2.84. The van der Waals surface area contributed by atoms with Crippen LogP contribution < -0.4 is 0 Å². The quantitative estimate of drug-likeness (QED) is 0.733. The molecule has 0 amide bonds. The molecule has 3 saturated carbocycles. The van der Waals surface area contributed by atoms with Gasteiger partial charge in [-0.2, -0.15) is 0 Å². The van der Waals surface area contributed by atoms with E-state index in [0.717, 1.165) is 32.1 Å². The Hall–Kier alpha value is -1.25. The fourth-order valence-corrected chi connectivity index (χ4v) is 7.05. The fourth-order valence-electron chi connectivity index (χ4n) is 7.05. The zero-order valence-electron chi connectivity index (χ0n) is 15.1. The molecule has 130 valence electrons. The van der Waals surface area contributed by atoms with Gasteiger partial charge in [-0.25, -0.2) is 0 Å². The van der Waals surface area contributed by atoms with Crippen LogP contribution in [0.25, 0.3) is 0 Å². The van der Waals surface area contributed by atoms with Gasteiger partial charge in [-0.05, 0) is 67.8 Å². The summed E-state index contributed by atoms with van der Waals surface area (Å²) in [4.78, 5) is 37.3. The minimum Gasteiger partial charge on any atom is -0.300 e. The van der Waals surface area contributed by atoms with E-state index in [1.54, 1.807) is 6.92 Å². The Bertz CT molecular complexity index is 660. The number of Topliss-reactive ketones (excluding diaryl/α,β-unsaturated/α-hetero) is 2. The first kappa shape index (κ1) is 16.2. The van der Waals surface area contributed by atoms with Crippen molar-refractivity contribution in [1.29, 1.82) is 0 Å². The molecule has 4 aliphatic carbocycles. The maximum Gasteiger partial charge on any atom is 0.155 e. The van der Waals surface area contributed by atoms with Crippen molar-refractivity contribution in [3.05, 3.63) is 11.6 Å². The summed E-state index contributed by atoms with van der Waals surface area (Å²) in [6, 6.07) is 0. The van der Waals surface area contributed by atoms with Crippen LogP contribution in [-0.2, 0) is 14.4 Å². The summed E-state index contributed by atoms with van der Waals surface area (Å²) in [5.41, 5.74) is 0.966. The monoisotopic (exact) mass is 328 g/mol. The molecule has 0 aliphatic heterocycles. The second-order valence-corrected chi connectivity index (χ2v) is 9.23. The van der Waals surface area contributed by atoms with Crippen molar-refractivity contribution in [2.45, 2.75) is 65.7 Å². The smallest absolute Gasteiger partial charge is 0.155 e. The summed E-state index contributed by atoms with van der Waals surface area (Å²) in [6.45, 7) is 6.12. The minimum absolute atomic E-state index is 0.0603. The highest BCUT2D eigenvalue weighted by Crippen LogP contribution is 2.65. The molecule has 0 aromatic carbocycles. The third kappa shape index (κ3) is 1.99. The number of allylic oxidation sites excluding steroid dienone is 1. The number of hydrogen-bond donors (Lipinski definition) is 0. The first-order valence-electron chi connectivity index (χ1n) is 9.54. The topological polar surface area (TPSA) is 51.2 Å². The molecule has 0 spiro atoms. The van der Waals surface area contributed by atoms with Crippen LogP contribution >= 0.6 is 0 Å². The van der Waals surface area contributed by atoms with Crippen molar-refractivity contribution in [1.82, 2.24) is 0 Å². The Kier molecular flexibility index (Phi) is 3.47. The minimum atomic E-state index is -0.133. The molecule has 4 rings (SSSR count). The Morgan fingerprint density at radius 1 is 1.12 bits per heavy atom. The van der Waals surface area contributed by atoms with Crippen LogP contribution in [0.15, 0.2) is 11.6 Å². The number of carbonyl (C=O) groups excluding carboxylic acids is 3. The predicted molar refractivity (Wildman–Crippen MR) is 91.3 cm³/mol. The van der Waals surface area contributed by atoms with Gasteiger partial charge in [0.1, 0.15) is 11.6 Å². The van der Waals surface area contributed by atoms with Gasteiger partial charge in [-0.3, -0.25) is 14.4 Å². The second kappa shape index (κ2) is 5.12. The summed E-state index contributed by atoms with van der Waals surface area (Å²) >= 11 is 0. The van der Waals surface area contributed by atoms with E-state index in [0.29, 0.717) is 30.5 Å². The number of rotatable bonds is 1. The zero-order valence-corrected chi connectivity index (χ0v) is 15.1. The first-order chi connectivity index (χ1) is 11.3. The van der Waals surface area contributed by atoms with Gasteiger partial charge in [0.05, 0.1) is 0 Å². The summed E-state index contributed by atoms with van der Waals surface area (Å²) in [6.07, 6.45) is 7.80. The molecule has 6 atom stereocenters. The molecule has 0 aromatic heterocycles. The van der Waals surface area contributed by atoms with E-state index in [1.807, 2.05) is 6.08 Å². The molecular weight excluding hydrogens is 300 g/mol. The van der Waals surface area contributed by atoms with Crippen LogP contribution in [0, 0.1) is 34.5 Å². The normalized spacial score (nSPS) is 47.5. The largest absolute Gasteiger partial charge is 0.300 e. The Morgan fingerprint density at radius 2 is 1.88 bits per heavy atom. The predicted octanol–water partition coefficient (Wildman–Crippen LogP) is 3.90. The SMILES string of the molecule is CC(=O)[C@@H]1CC[C@H]2[C@H]3CCC4=CC(=O)CC[C@@]4(C)[C@@H]3C(=O)C[C@]12C. The molecule has 24 heavy (non-hydrogen) atoms. The summed E-state index contributed by atoms with van der Waals surface area (Å²) in [7, 11) is 0. The van der Waals surface area contributed by atoms with Crippen LogP contribution in [0.5, 0.6) is 0 Å². The van der Waals surface area contributed by atoms with Crippen molar-refractivity contribution in [3.8, 4) is 0 Å². The van der Waals surface area contributed by atoms with E-state index < -0.39 is 0 Å². The lowest BCUT2D eigenvalue weighted by Gasteiger charge is -2.56. The van der Waals surface area contributed by atoms with E-state index in [9.17, 15) is 14.4 Å². The second-order valence-electron chi connectivity index (χ2n) is 9.23. The van der Waals surface area contributed by atoms with Crippen LogP contribution in [0.2, 0.25) is 0 Å². The Labute approximate surface area is 144 Å². The van der Waals surface area contributed by atoms with E-state index >= 15 is 0 Å². The lowest BCUT2D eigenvalue weighted by atomic mass is 9.46. The highest BCUT2D eigenvalue weighted by Gasteiger charge is 2.62. The summed E-state index contributed by atoms with van der Waals surface area (Å²) in [5, 5.41) is 0. The lowest BCUT2D eigenvalue weighted by molar-refractivity contribution is -0.148. The van der Waals surface area contributed by atoms with E-state index in [2.05, 4.69) is 13.8 Å². The van der Waals surface area contributed by atoms with Crippen molar-refractivity contribution in [2.75, 3.05) is 0 Å². The third-order valence-corrected chi connectivity index (χ3v) is 8.14. The summed E-state index contributed by atoms with van der Waals surface area (Å²) in [5.74, 6) is 1.86. The van der Waals surface area contributed by atoms with E-state index in [-0.39, 0.29) is 34.2 Å². The van der Waals surface area contributed by atoms with Crippen molar-refractivity contribution in [3.63, 3.8) is 0 Å². The molecule has 0 bridgehead atoms. The maximum absolute atomic E-state index is 13.3.